The number of nitrogens with zero attached hydrogens (tertiary/aromatic N) is 1. The number of hydrogen-bond donors (Lipinski definition) is 0. The van der Waals surface area contributed by atoms with Crippen molar-refractivity contribution in [2.45, 2.75) is 45.6 Å². The summed E-state index contributed by atoms with van der Waals surface area (Å²) in [7, 11) is 0. The molecule has 1 aromatic carbocycles. The van der Waals surface area contributed by atoms with Crippen LogP contribution in [0.3, 0.4) is 0 Å². The third-order valence-corrected chi connectivity index (χ3v) is 3.92. The molecule has 0 aliphatic carbocycles. The standard InChI is InChI=1S/C19H26FNO3/c1-6-23-13(2)16-8-7-14(11-17(16)20)15-9-10-21(12-15)18(22)24-19(3,4)5/h7-8,11,15H,2,6,9-10,12H2,1,3-5H3. The summed E-state index contributed by atoms with van der Waals surface area (Å²) in [5, 5.41) is 0. The minimum atomic E-state index is -0.511. The van der Waals surface area contributed by atoms with E-state index in [4.69, 9.17) is 9.47 Å². The van der Waals surface area contributed by atoms with Gasteiger partial charge in [-0.1, -0.05) is 12.6 Å². The third kappa shape index (κ3) is 4.49. The first kappa shape index (κ1) is 18.3. The van der Waals surface area contributed by atoms with Crippen LogP contribution in [0.25, 0.3) is 5.76 Å². The summed E-state index contributed by atoms with van der Waals surface area (Å²) in [5.74, 6) is 0.103. The van der Waals surface area contributed by atoms with E-state index in [1.54, 1.807) is 11.0 Å². The molecule has 0 bridgehead atoms. The average molecular weight is 335 g/mol. The van der Waals surface area contributed by atoms with Crippen LogP contribution in [0.5, 0.6) is 0 Å². The molecule has 0 spiro atoms. The van der Waals surface area contributed by atoms with Gasteiger partial charge in [-0.25, -0.2) is 9.18 Å². The van der Waals surface area contributed by atoms with E-state index in [1.165, 1.54) is 6.07 Å². The molecule has 1 aliphatic heterocycles. The first-order valence-corrected chi connectivity index (χ1v) is 8.30. The van der Waals surface area contributed by atoms with Gasteiger partial charge in [0.2, 0.25) is 0 Å². The molecule has 2 rings (SSSR count). The highest BCUT2D eigenvalue weighted by molar-refractivity contribution is 5.68. The molecule has 1 amide bonds. The van der Waals surface area contributed by atoms with Crippen LogP contribution in [0.4, 0.5) is 9.18 Å². The molecule has 0 aromatic heterocycles. The topological polar surface area (TPSA) is 38.8 Å². The molecule has 4 nitrogen and oxygen atoms in total. The Bertz CT molecular complexity index is 622. The minimum Gasteiger partial charge on any atom is -0.494 e. The highest BCUT2D eigenvalue weighted by Crippen LogP contribution is 2.30. The largest absolute Gasteiger partial charge is 0.494 e. The second kappa shape index (κ2) is 7.24. The monoisotopic (exact) mass is 335 g/mol. The summed E-state index contributed by atoms with van der Waals surface area (Å²) in [6, 6.07) is 5.09. The van der Waals surface area contributed by atoms with Crippen LogP contribution in [0, 0.1) is 5.82 Å². The van der Waals surface area contributed by atoms with Crippen molar-refractivity contribution >= 4 is 11.9 Å². The van der Waals surface area contributed by atoms with Crippen molar-refractivity contribution < 1.29 is 18.7 Å². The summed E-state index contributed by atoms with van der Waals surface area (Å²) in [6.45, 7) is 12.7. The van der Waals surface area contributed by atoms with Gasteiger partial charge in [-0.3, -0.25) is 0 Å². The van der Waals surface area contributed by atoms with E-state index in [1.807, 2.05) is 33.8 Å². The summed E-state index contributed by atoms with van der Waals surface area (Å²) >= 11 is 0. The lowest BCUT2D eigenvalue weighted by Crippen LogP contribution is -2.35. The smallest absolute Gasteiger partial charge is 0.410 e. The molecule has 1 heterocycles. The zero-order valence-corrected chi connectivity index (χ0v) is 14.9. The van der Waals surface area contributed by atoms with E-state index in [2.05, 4.69) is 6.58 Å². The highest BCUT2D eigenvalue weighted by Gasteiger charge is 2.30. The number of halogens is 1. The van der Waals surface area contributed by atoms with Gasteiger partial charge in [-0.05, 0) is 51.8 Å². The number of likely N-dealkylation sites (tertiary alicyclic amines) is 1. The van der Waals surface area contributed by atoms with E-state index >= 15 is 0 Å². The summed E-state index contributed by atoms with van der Waals surface area (Å²) in [6.07, 6.45) is 0.483. The number of benzene rings is 1. The molecule has 1 saturated heterocycles. The van der Waals surface area contributed by atoms with E-state index in [0.717, 1.165) is 12.0 Å². The first-order valence-electron chi connectivity index (χ1n) is 8.30. The number of carbonyl (C=O) groups excluding carboxylic acids is 1. The maximum Gasteiger partial charge on any atom is 0.410 e. The van der Waals surface area contributed by atoms with Crippen LogP contribution in [-0.4, -0.2) is 36.3 Å². The molecule has 132 valence electrons. The molecule has 0 N–H and O–H groups in total. The molecule has 1 atom stereocenters. The van der Waals surface area contributed by atoms with Crippen LogP contribution in [0.1, 0.15) is 51.2 Å². The minimum absolute atomic E-state index is 0.112. The van der Waals surface area contributed by atoms with Crippen molar-refractivity contribution in [1.29, 1.82) is 0 Å². The molecule has 1 aromatic rings. The molecule has 0 radical (unpaired) electrons. The predicted octanol–water partition coefficient (Wildman–Crippen LogP) is 4.56. The molecular weight excluding hydrogens is 309 g/mol. The quantitative estimate of drug-likeness (QED) is 0.757. The van der Waals surface area contributed by atoms with Crippen molar-refractivity contribution in [3.63, 3.8) is 0 Å². The van der Waals surface area contributed by atoms with Crippen LogP contribution in [-0.2, 0) is 9.47 Å². The number of carbonyl (C=O) groups is 1. The summed E-state index contributed by atoms with van der Waals surface area (Å²) < 4.78 is 25.0. The van der Waals surface area contributed by atoms with Crippen LogP contribution in [0.15, 0.2) is 24.8 Å². The van der Waals surface area contributed by atoms with Gasteiger partial charge in [0, 0.05) is 19.0 Å². The second-order valence-electron chi connectivity index (χ2n) is 7.01. The van der Waals surface area contributed by atoms with Crippen molar-refractivity contribution in [1.82, 2.24) is 4.90 Å². The Kier molecular flexibility index (Phi) is 5.52. The van der Waals surface area contributed by atoms with E-state index in [9.17, 15) is 9.18 Å². The highest BCUT2D eigenvalue weighted by atomic mass is 19.1. The van der Waals surface area contributed by atoms with Crippen molar-refractivity contribution in [3.8, 4) is 0 Å². The Morgan fingerprint density at radius 3 is 2.71 bits per heavy atom. The second-order valence-corrected chi connectivity index (χ2v) is 7.01. The summed E-state index contributed by atoms with van der Waals surface area (Å²) in [5.41, 5.74) is 0.747. The lowest BCUT2D eigenvalue weighted by molar-refractivity contribution is 0.0292. The molecule has 0 saturated carbocycles. The van der Waals surface area contributed by atoms with Crippen molar-refractivity contribution in [2.75, 3.05) is 19.7 Å². The fourth-order valence-corrected chi connectivity index (χ4v) is 2.79. The number of rotatable bonds is 4. The van der Waals surface area contributed by atoms with Gasteiger partial charge in [0.15, 0.2) is 0 Å². The van der Waals surface area contributed by atoms with Gasteiger partial charge >= 0.3 is 6.09 Å². The molecular formula is C19H26FNO3. The normalized spacial score (nSPS) is 17.7. The summed E-state index contributed by atoms with van der Waals surface area (Å²) in [4.78, 5) is 13.8. The Morgan fingerprint density at radius 1 is 1.42 bits per heavy atom. The fourth-order valence-electron chi connectivity index (χ4n) is 2.79. The Morgan fingerprint density at radius 2 is 2.12 bits per heavy atom. The Labute approximate surface area is 143 Å². The molecule has 1 unspecified atom stereocenters. The Balaban J connectivity index is 2.05. The van der Waals surface area contributed by atoms with Crippen LogP contribution < -0.4 is 0 Å². The lowest BCUT2D eigenvalue weighted by Gasteiger charge is -2.24. The van der Waals surface area contributed by atoms with E-state index in [-0.39, 0.29) is 17.8 Å². The van der Waals surface area contributed by atoms with Crippen LogP contribution in [0.2, 0.25) is 0 Å². The molecule has 5 heteroatoms. The fraction of sp³-hybridized carbons (Fsp3) is 0.526. The average Bonchev–Trinajstić information content (AvgIpc) is 2.95. The Hall–Kier alpha value is -2.04. The van der Waals surface area contributed by atoms with Gasteiger partial charge in [0.1, 0.15) is 17.2 Å². The third-order valence-electron chi connectivity index (χ3n) is 3.92. The van der Waals surface area contributed by atoms with Crippen molar-refractivity contribution in [3.05, 3.63) is 41.7 Å². The van der Waals surface area contributed by atoms with E-state index in [0.29, 0.717) is 31.0 Å². The predicted molar refractivity (Wildman–Crippen MR) is 92.2 cm³/mol. The first-order chi connectivity index (χ1) is 11.2. The maximum absolute atomic E-state index is 14.3. The zero-order chi connectivity index (χ0) is 17.9. The number of hydrogen-bond acceptors (Lipinski definition) is 3. The van der Waals surface area contributed by atoms with Gasteiger partial charge in [-0.2, -0.15) is 0 Å². The molecule has 24 heavy (non-hydrogen) atoms. The zero-order valence-electron chi connectivity index (χ0n) is 14.9. The van der Waals surface area contributed by atoms with E-state index < -0.39 is 5.60 Å². The molecule has 1 aliphatic rings. The van der Waals surface area contributed by atoms with Gasteiger partial charge in [0.25, 0.3) is 0 Å². The van der Waals surface area contributed by atoms with Crippen LogP contribution >= 0.6 is 0 Å². The SMILES string of the molecule is C=C(OCC)c1ccc(C2CCN(C(=O)OC(C)(C)C)C2)cc1F. The number of amides is 1. The van der Waals surface area contributed by atoms with Crippen molar-refractivity contribution in [2.24, 2.45) is 0 Å². The molecule has 1 fully saturated rings. The van der Waals surface area contributed by atoms with Gasteiger partial charge in [0.05, 0.1) is 12.2 Å². The number of ether oxygens (including phenoxy) is 2. The van der Waals surface area contributed by atoms with Gasteiger partial charge in [-0.15, -0.1) is 0 Å². The maximum atomic E-state index is 14.3. The van der Waals surface area contributed by atoms with Gasteiger partial charge < -0.3 is 14.4 Å². The lowest BCUT2D eigenvalue weighted by atomic mass is 9.96.